The number of hydrogen-bond donors (Lipinski definition) is 0. The number of aromatic nitrogens is 2. The van der Waals surface area contributed by atoms with Crippen LogP contribution in [0.15, 0.2) is 16.5 Å². The van der Waals surface area contributed by atoms with Gasteiger partial charge in [0.1, 0.15) is 16.1 Å². The van der Waals surface area contributed by atoms with Gasteiger partial charge in [0.05, 0.1) is 0 Å². The molecule has 0 aromatic carbocycles. The molecular weight excluding hydrogens is 247 g/mol. The molecule has 0 saturated heterocycles. The van der Waals surface area contributed by atoms with E-state index in [1.54, 1.807) is 6.07 Å². The Morgan fingerprint density at radius 2 is 1.81 bits per heavy atom. The largest absolute Gasteiger partial charge is 0.458 e. The Kier molecular flexibility index (Phi) is 3.17. The van der Waals surface area contributed by atoms with Crippen LogP contribution in [0.3, 0.4) is 0 Å². The molecule has 5 heteroatoms. The summed E-state index contributed by atoms with van der Waals surface area (Å²) in [4.78, 5) is 8.33. The number of rotatable bonds is 2. The molecule has 0 aliphatic carbocycles. The van der Waals surface area contributed by atoms with Crippen LogP contribution in [-0.4, -0.2) is 9.97 Å². The van der Waals surface area contributed by atoms with Gasteiger partial charge in [-0.2, -0.15) is 0 Å². The van der Waals surface area contributed by atoms with Crippen molar-refractivity contribution >= 4 is 23.2 Å². The summed E-state index contributed by atoms with van der Waals surface area (Å²) in [6.45, 7) is 3.81. The summed E-state index contributed by atoms with van der Waals surface area (Å²) in [6.07, 6.45) is 0.704. The maximum absolute atomic E-state index is 6.01. The molecule has 2 aromatic rings. The predicted octanol–water partition coefficient (Wildman–Crippen LogP) is 3.91. The third kappa shape index (κ3) is 2.06. The normalized spacial score (nSPS) is 10.8. The van der Waals surface area contributed by atoms with Gasteiger partial charge in [0.2, 0.25) is 0 Å². The van der Waals surface area contributed by atoms with Crippen molar-refractivity contribution in [2.24, 2.45) is 0 Å². The Labute approximate surface area is 103 Å². The fourth-order valence-corrected chi connectivity index (χ4v) is 2.04. The highest BCUT2D eigenvalue weighted by molar-refractivity contribution is 6.34. The molecule has 0 atom stereocenters. The van der Waals surface area contributed by atoms with E-state index in [1.165, 1.54) is 0 Å². The second-order valence-corrected chi connectivity index (χ2v) is 4.09. The van der Waals surface area contributed by atoms with Crippen LogP contribution >= 0.6 is 23.2 Å². The minimum absolute atomic E-state index is 0.381. The molecule has 0 amide bonds. The van der Waals surface area contributed by atoms with Gasteiger partial charge in [-0.3, -0.25) is 0 Å². The topological polar surface area (TPSA) is 38.9 Å². The van der Waals surface area contributed by atoms with Gasteiger partial charge in [-0.15, -0.1) is 0 Å². The van der Waals surface area contributed by atoms with Crippen LogP contribution in [0.5, 0.6) is 0 Å². The third-order valence-corrected chi connectivity index (χ3v) is 2.85. The quantitative estimate of drug-likeness (QED) is 0.765. The van der Waals surface area contributed by atoms with Crippen molar-refractivity contribution in [1.29, 1.82) is 0 Å². The zero-order valence-corrected chi connectivity index (χ0v) is 10.4. The van der Waals surface area contributed by atoms with Crippen molar-refractivity contribution in [3.63, 3.8) is 0 Å². The molecule has 0 aliphatic rings. The highest BCUT2D eigenvalue weighted by Crippen LogP contribution is 2.26. The number of furan rings is 1. The molecule has 16 heavy (non-hydrogen) atoms. The zero-order valence-electron chi connectivity index (χ0n) is 8.92. The van der Waals surface area contributed by atoms with Gasteiger partial charge in [-0.25, -0.2) is 9.97 Å². The molecule has 0 saturated carbocycles. The summed E-state index contributed by atoms with van der Waals surface area (Å²) in [5.41, 5.74) is 0.760. The predicted molar refractivity (Wildman–Crippen MR) is 63.9 cm³/mol. The fraction of sp³-hybridized carbons (Fsp3) is 0.273. The summed E-state index contributed by atoms with van der Waals surface area (Å²) in [5, 5.41) is 0.762. The summed E-state index contributed by atoms with van der Waals surface area (Å²) < 4.78 is 5.41. The van der Waals surface area contributed by atoms with Crippen LogP contribution in [0.1, 0.15) is 18.2 Å². The zero-order chi connectivity index (χ0) is 11.7. The van der Waals surface area contributed by atoms with Gasteiger partial charge in [-0.1, -0.05) is 30.1 Å². The van der Waals surface area contributed by atoms with E-state index >= 15 is 0 Å². The number of nitrogens with zero attached hydrogens (tertiary/aromatic N) is 2. The van der Waals surface area contributed by atoms with Gasteiger partial charge < -0.3 is 4.42 Å². The van der Waals surface area contributed by atoms with Gasteiger partial charge >= 0.3 is 0 Å². The van der Waals surface area contributed by atoms with E-state index in [0.717, 1.165) is 11.3 Å². The average Bonchev–Trinajstić information content (AvgIpc) is 2.64. The first-order chi connectivity index (χ1) is 7.61. The van der Waals surface area contributed by atoms with Crippen LogP contribution in [0.4, 0.5) is 0 Å². The van der Waals surface area contributed by atoms with Gasteiger partial charge in [-0.05, 0) is 25.5 Å². The highest BCUT2D eigenvalue weighted by atomic mass is 35.5. The summed E-state index contributed by atoms with van der Waals surface area (Å²) in [5.74, 6) is 1.79. The molecule has 2 aromatic heterocycles. The van der Waals surface area contributed by atoms with Crippen LogP contribution in [0.2, 0.25) is 10.3 Å². The number of hydrogen-bond acceptors (Lipinski definition) is 3. The molecule has 0 spiro atoms. The van der Waals surface area contributed by atoms with Crippen LogP contribution in [0.25, 0.3) is 11.6 Å². The average molecular weight is 257 g/mol. The van der Waals surface area contributed by atoms with Gasteiger partial charge in [0.15, 0.2) is 11.6 Å². The number of aryl methyl sites for hydroxylation is 1. The lowest BCUT2D eigenvalue weighted by atomic mass is 10.2. The molecule has 3 nitrogen and oxygen atoms in total. The van der Waals surface area contributed by atoms with E-state index in [4.69, 9.17) is 27.6 Å². The van der Waals surface area contributed by atoms with Gasteiger partial charge in [0.25, 0.3) is 0 Å². The van der Waals surface area contributed by atoms with Crippen LogP contribution in [-0.2, 0) is 6.42 Å². The van der Waals surface area contributed by atoms with Crippen LogP contribution in [0, 0.1) is 6.92 Å². The molecule has 0 fully saturated rings. The van der Waals surface area contributed by atoms with Crippen molar-refractivity contribution in [3.8, 4) is 11.6 Å². The Balaban J connectivity index is 2.52. The first kappa shape index (κ1) is 11.4. The smallest absolute Gasteiger partial charge is 0.198 e. The van der Waals surface area contributed by atoms with E-state index < -0.39 is 0 Å². The minimum atomic E-state index is 0.381. The van der Waals surface area contributed by atoms with Crippen molar-refractivity contribution in [2.75, 3.05) is 0 Å². The minimum Gasteiger partial charge on any atom is -0.458 e. The standard InChI is InChI=1S/C11H10Cl2N2O/c1-3-7-9(12)14-11(15-10(7)13)8-5-4-6(2)16-8/h4-5H,3H2,1-2H3. The summed E-state index contributed by atoms with van der Waals surface area (Å²) in [6, 6.07) is 3.64. The Morgan fingerprint density at radius 3 is 2.25 bits per heavy atom. The maximum atomic E-state index is 6.01. The summed E-state index contributed by atoms with van der Waals surface area (Å²) in [7, 11) is 0. The van der Waals surface area contributed by atoms with E-state index in [0.29, 0.717) is 28.3 Å². The number of halogens is 2. The first-order valence-corrected chi connectivity index (χ1v) is 5.66. The third-order valence-electron chi connectivity index (χ3n) is 2.22. The SMILES string of the molecule is CCc1c(Cl)nc(-c2ccc(C)o2)nc1Cl. The Hall–Kier alpha value is -1.06. The molecule has 84 valence electrons. The van der Waals surface area contributed by atoms with Crippen molar-refractivity contribution in [2.45, 2.75) is 20.3 Å². The lowest BCUT2D eigenvalue weighted by Gasteiger charge is -2.04. The molecular formula is C11H10Cl2N2O. The second kappa shape index (κ2) is 4.44. The monoisotopic (exact) mass is 256 g/mol. The lowest BCUT2D eigenvalue weighted by Crippen LogP contribution is -1.95. The van der Waals surface area contributed by atoms with Crippen molar-refractivity contribution in [1.82, 2.24) is 9.97 Å². The molecule has 0 N–H and O–H groups in total. The molecule has 0 radical (unpaired) electrons. The van der Waals surface area contributed by atoms with Crippen molar-refractivity contribution < 1.29 is 4.42 Å². The molecule has 0 bridgehead atoms. The van der Waals surface area contributed by atoms with E-state index in [9.17, 15) is 0 Å². The Bertz CT molecular complexity index is 499. The van der Waals surface area contributed by atoms with E-state index in [1.807, 2.05) is 19.9 Å². The van der Waals surface area contributed by atoms with Crippen molar-refractivity contribution in [3.05, 3.63) is 33.8 Å². The summed E-state index contributed by atoms with van der Waals surface area (Å²) >= 11 is 12.0. The van der Waals surface area contributed by atoms with E-state index in [2.05, 4.69) is 9.97 Å². The molecule has 0 unspecified atom stereocenters. The lowest BCUT2D eigenvalue weighted by molar-refractivity contribution is 0.544. The van der Waals surface area contributed by atoms with E-state index in [-0.39, 0.29) is 0 Å². The van der Waals surface area contributed by atoms with Gasteiger partial charge in [0, 0.05) is 5.56 Å². The highest BCUT2D eigenvalue weighted by Gasteiger charge is 2.13. The first-order valence-electron chi connectivity index (χ1n) is 4.90. The second-order valence-electron chi connectivity index (χ2n) is 3.37. The van der Waals surface area contributed by atoms with Crippen LogP contribution < -0.4 is 0 Å². The molecule has 0 aliphatic heterocycles. The maximum Gasteiger partial charge on any atom is 0.198 e. The Morgan fingerprint density at radius 1 is 1.19 bits per heavy atom. The fourth-order valence-electron chi connectivity index (χ4n) is 1.39. The molecule has 2 rings (SSSR count). The molecule has 2 heterocycles.